The van der Waals surface area contributed by atoms with Crippen molar-refractivity contribution in [3.8, 4) is 0 Å². The third-order valence-electron chi connectivity index (χ3n) is 4.12. The summed E-state index contributed by atoms with van der Waals surface area (Å²) >= 11 is 0. The number of aliphatic carboxylic acids is 1. The van der Waals surface area contributed by atoms with Crippen LogP contribution < -0.4 is 0 Å². The van der Waals surface area contributed by atoms with Crippen molar-refractivity contribution < 1.29 is 14.7 Å². The zero-order valence-electron chi connectivity index (χ0n) is 8.56. The van der Waals surface area contributed by atoms with Crippen molar-refractivity contribution in [2.45, 2.75) is 31.7 Å². The summed E-state index contributed by atoms with van der Waals surface area (Å²) in [7, 11) is 0. The number of hydrogen-bond donors (Lipinski definition) is 1. The SMILES string of the molecule is O=C(O)[C@H]1C[C@H]1C(=O)N1CC2CCC1C2. The number of rotatable bonds is 2. The molecule has 0 radical (unpaired) electrons. The molecular formula is C11H15NO3. The fourth-order valence-electron chi connectivity index (χ4n) is 3.15. The van der Waals surface area contributed by atoms with Crippen LogP contribution in [0.4, 0.5) is 0 Å². The summed E-state index contributed by atoms with van der Waals surface area (Å²) in [6.45, 7) is 0.881. The van der Waals surface area contributed by atoms with Gasteiger partial charge in [0.15, 0.2) is 0 Å². The minimum Gasteiger partial charge on any atom is -0.481 e. The first-order valence-electron chi connectivity index (χ1n) is 5.70. The molecule has 4 atom stereocenters. The Kier molecular flexibility index (Phi) is 1.82. The van der Waals surface area contributed by atoms with Crippen molar-refractivity contribution in [1.82, 2.24) is 4.90 Å². The molecule has 1 saturated heterocycles. The van der Waals surface area contributed by atoms with Gasteiger partial charge in [0, 0.05) is 12.6 Å². The Morgan fingerprint density at radius 1 is 1.13 bits per heavy atom. The normalized spacial score (nSPS) is 42.0. The Balaban J connectivity index is 1.65. The maximum Gasteiger partial charge on any atom is 0.307 e. The fraction of sp³-hybridized carbons (Fsp3) is 0.818. The molecule has 1 amide bonds. The van der Waals surface area contributed by atoms with Gasteiger partial charge in [0.1, 0.15) is 0 Å². The monoisotopic (exact) mass is 209 g/mol. The summed E-state index contributed by atoms with van der Waals surface area (Å²) in [6, 6.07) is 0.428. The molecule has 82 valence electrons. The van der Waals surface area contributed by atoms with E-state index >= 15 is 0 Å². The predicted molar refractivity (Wildman–Crippen MR) is 52.1 cm³/mol. The summed E-state index contributed by atoms with van der Waals surface area (Å²) in [5.41, 5.74) is 0. The lowest BCUT2D eigenvalue weighted by Gasteiger charge is -2.27. The molecule has 0 spiro atoms. The summed E-state index contributed by atoms with van der Waals surface area (Å²) in [5.74, 6) is -0.605. The van der Waals surface area contributed by atoms with Crippen molar-refractivity contribution in [2.75, 3.05) is 6.54 Å². The van der Waals surface area contributed by atoms with Crippen LogP contribution in [-0.4, -0.2) is 34.5 Å². The molecule has 4 heteroatoms. The molecule has 15 heavy (non-hydrogen) atoms. The number of likely N-dealkylation sites (tertiary alicyclic amines) is 1. The number of hydrogen-bond acceptors (Lipinski definition) is 2. The summed E-state index contributed by atoms with van der Waals surface area (Å²) in [4.78, 5) is 24.6. The molecule has 1 heterocycles. The van der Waals surface area contributed by atoms with Gasteiger partial charge in [-0.2, -0.15) is 0 Å². The predicted octanol–water partition coefficient (Wildman–Crippen LogP) is 0.718. The van der Waals surface area contributed by atoms with Crippen LogP contribution in [0.3, 0.4) is 0 Å². The molecule has 1 N–H and O–H groups in total. The third kappa shape index (κ3) is 1.34. The zero-order valence-corrected chi connectivity index (χ0v) is 8.56. The van der Waals surface area contributed by atoms with E-state index in [1.54, 1.807) is 0 Å². The number of carbonyl (C=O) groups is 2. The molecule has 2 saturated carbocycles. The van der Waals surface area contributed by atoms with E-state index in [-0.39, 0.29) is 11.8 Å². The van der Waals surface area contributed by atoms with E-state index in [1.165, 1.54) is 6.42 Å². The average molecular weight is 209 g/mol. The first-order valence-corrected chi connectivity index (χ1v) is 5.70. The average Bonchev–Trinajstić information content (AvgIpc) is 2.75. The van der Waals surface area contributed by atoms with Crippen LogP contribution in [0.5, 0.6) is 0 Å². The lowest BCUT2D eigenvalue weighted by atomic mass is 10.1. The number of amides is 1. The highest BCUT2D eigenvalue weighted by atomic mass is 16.4. The minimum atomic E-state index is -0.808. The second-order valence-corrected chi connectivity index (χ2v) is 5.11. The largest absolute Gasteiger partial charge is 0.481 e. The molecule has 2 bridgehead atoms. The molecule has 0 aromatic rings. The first kappa shape index (κ1) is 9.19. The number of fused-ring (bicyclic) bond motifs is 2. The molecule has 2 aliphatic carbocycles. The van der Waals surface area contributed by atoms with Gasteiger partial charge >= 0.3 is 5.97 Å². The van der Waals surface area contributed by atoms with E-state index in [0.29, 0.717) is 18.4 Å². The standard InChI is InChI=1S/C11H15NO3/c13-10(8-4-9(8)11(14)15)12-5-6-1-2-7(12)3-6/h6-9H,1-5H2,(H,14,15)/t6?,7?,8-,9+/m1/s1. The summed E-state index contributed by atoms with van der Waals surface area (Å²) < 4.78 is 0. The Morgan fingerprint density at radius 2 is 1.93 bits per heavy atom. The molecule has 3 fully saturated rings. The smallest absolute Gasteiger partial charge is 0.307 e. The van der Waals surface area contributed by atoms with Crippen molar-refractivity contribution in [2.24, 2.45) is 17.8 Å². The van der Waals surface area contributed by atoms with Gasteiger partial charge in [-0.1, -0.05) is 0 Å². The van der Waals surface area contributed by atoms with Crippen LogP contribution >= 0.6 is 0 Å². The maximum atomic E-state index is 12.0. The number of piperidine rings is 1. The Morgan fingerprint density at radius 3 is 2.40 bits per heavy atom. The van der Waals surface area contributed by atoms with Gasteiger partial charge in [-0.15, -0.1) is 0 Å². The molecular weight excluding hydrogens is 194 g/mol. The van der Waals surface area contributed by atoms with E-state index in [2.05, 4.69) is 0 Å². The van der Waals surface area contributed by atoms with Crippen LogP contribution in [0.1, 0.15) is 25.7 Å². The first-order chi connectivity index (χ1) is 7.16. The lowest BCUT2D eigenvalue weighted by molar-refractivity contribution is -0.142. The minimum absolute atomic E-state index is 0.106. The van der Waals surface area contributed by atoms with Crippen LogP contribution in [-0.2, 0) is 9.59 Å². The number of carbonyl (C=O) groups excluding carboxylic acids is 1. The van der Waals surface area contributed by atoms with E-state index in [0.717, 1.165) is 19.4 Å². The fourth-order valence-corrected chi connectivity index (χ4v) is 3.15. The van der Waals surface area contributed by atoms with Crippen LogP contribution in [0.2, 0.25) is 0 Å². The van der Waals surface area contributed by atoms with Crippen molar-refractivity contribution in [3.05, 3.63) is 0 Å². The van der Waals surface area contributed by atoms with Crippen molar-refractivity contribution >= 4 is 11.9 Å². The van der Waals surface area contributed by atoms with Gasteiger partial charge in [-0.25, -0.2) is 0 Å². The summed E-state index contributed by atoms with van der Waals surface area (Å²) in [6.07, 6.45) is 4.08. The quantitative estimate of drug-likeness (QED) is 0.729. The number of nitrogens with zero attached hydrogens (tertiary/aromatic N) is 1. The van der Waals surface area contributed by atoms with Gasteiger partial charge < -0.3 is 10.0 Å². The Bertz CT molecular complexity index is 328. The molecule has 4 nitrogen and oxygen atoms in total. The van der Waals surface area contributed by atoms with Crippen LogP contribution in [0.15, 0.2) is 0 Å². The highest BCUT2D eigenvalue weighted by Crippen LogP contribution is 2.44. The molecule has 0 aromatic carbocycles. The van der Waals surface area contributed by atoms with Gasteiger partial charge in [0.25, 0.3) is 0 Å². The second-order valence-electron chi connectivity index (χ2n) is 5.11. The van der Waals surface area contributed by atoms with E-state index in [4.69, 9.17) is 5.11 Å². The highest BCUT2D eigenvalue weighted by Gasteiger charge is 2.52. The topological polar surface area (TPSA) is 57.6 Å². The van der Waals surface area contributed by atoms with Gasteiger partial charge in [-0.05, 0) is 31.6 Å². The van der Waals surface area contributed by atoms with Gasteiger partial charge in [0.2, 0.25) is 5.91 Å². The van der Waals surface area contributed by atoms with E-state index in [9.17, 15) is 9.59 Å². The number of carboxylic acids is 1. The van der Waals surface area contributed by atoms with Crippen molar-refractivity contribution in [3.63, 3.8) is 0 Å². The lowest BCUT2D eigenvalue weighted by Crippen LogP contribution is -2.39. The molecule has 2 unspecified atom stereocenters. The maximum absolute atomic E-state index is 12.0. The van der Waals surface area contributed by atoms with E-state index < -0.39 is 11.9 Å². The molecule has 3 aliphatic rings. The third-order valence-corrected chi connectivity index (χ3v) is 4.12. The molecule has 1 aliphatic heterocycles. The molecule has 3 rings (SSSR count). The summed E-state index contributed by atoms with van der Waals surface area (Å²) in [5, 5.41) is 8.78. The van der Waals surface area contributed by atoms with Crippen molar-refractivity contribution in [1.29, 1.82) is 0 Å². The Labute approximate surface area is 88.2 Å². The van der Waals surface area contributed by atoms with E-state index in [1.807, 2.05) is 4.90 Å². The van der Waals surface area contributed by atoms with Gasteiger partial charge in [-0.3, -0.25) is 9.59 Å². The number of carboxylic acid groups (broad SMARTS) is 1. The second kappa shape index (κ2) is 2.97. The Hall–Kier alpha value is -1.06. The highest BCUT2D eigenvalue weighted by molar-refractivity contribution is 5.89. The van der Waals surface area contributed by atoms with Gasteiger partial charge in [0.05, 0.1) is 11.8 Å². The zero-order chi connectivity index (χ0) is 10.6. The van der Waals surface area contributed by atoms with Crippen LogP contribution in [0.25, 0.3) is 0 Å². The van der Waals surface area contributed by atoms with Crippen LogP contribution in [0, 0.1) is 17.8 Å². The molecule has 0 aromatic heterocycles.